The first kappa shape index (κ1) is 18.7. The Hall–Kier alpha value is -3.33. The minimum atomic E-state index is -0.189. The number of anilines is 1. The number of fused-ring (bicyclic) bond motifs is 2. The fourth-order valence-electron chi connectivity index (χ4n) is 4.14. The van der Waals surface area contributed by atoms with Crippen LogP contribution in [0.15, 0.2) is 41.5 Å². The molecule has 1 fully saturated rings. The van der Waals surface area contributed by atoms with Crippen LogP contribution in [0.1, 0.15) is 25.6 Å². The Morgan fingerprint density at radius 3 is 2.87 bits per heavy atom. The summed E-state index contributed by atoms with van der Waals surface area (Å²) in [5, 5.41) is 5.30. The summed E-state index contributed by atoms with van der Waals surface area (Å²) in [4.78, 5) is 29.1. The van der Waals surface area contributed by atoms with Crippen molar-refractivity contribution in [3.63, 3.8) is 0 Å². The van der Waals surface area contributed by atoms with Crippen molar-refractivity contribution in [1.82, 2.24) is 29.3 Å². The van der Waals surface area contributed by atoms with E-state index in [0.717, 1.165) is 42.8 Å². The van der Waals surface area contributed by atoms with E-state index in [1.807, 2.05) is 35.8 Å². The van der Waals surface area contributed by atoms with Gasteiger partial charge in [0.1, 0.15) is 17.6 Å². The fourth-order valence-corrected chi connectivity index (χ4v) is 4.14. The summed E-state index contributed by atoms with van der Waals surface area (Å²) < 4.78 is 3.38. The maximum absolute atomic E-state index is 13.3. The zero-order valence-corrected chi connectivity index (χ0v) is 16.9. The molecule has 2 N–H and O–H groups in total. The van der Waals surface area contributed by atoms with Gasteiger partial charge in [0.05, 0.1) is 11.7 Å². The van der Waals surface area contributed by atoms with E-state index < -0.39 is 0 Å². The highest BCUT2D eigenvalue weighted by atomic mass is 16.1. The highest BCUT2D eigenvalue weighted by Crippen LogP contribution is 2.23. The van der Waals surface area contributed by atoms with Crippen LogP contribution < -0.4 is 16.2 Å². The number of hydrogen-bond acceptors (Lipinski definition) is 7. The van der Waals surface area contributed by atoms with Crippen LogP contribution in [-0.4, -0.2) is 48.4 Å². The summed E-state index contributed by atoms with van der Waals surface area (Å²) in [7, 11) is 0. The van der Waals surface area contributed by atoms with E-state index >= 15 is 0 Å². The largest absolute Gasteiger partial charge is 0.341 e. The lowest BCUT2D eigenvalue weighted by Crippen LogP contribution is -2.44. The van der Waals surface area contributed by atoms with Crippen LogP contribution in [-0.2, 0) is 13.1 Å². The Morgan fingerprint density at radius 2 is 2.03 bits per heavy atom. The lowest BCUT2D eigenvalue weighted by Gasteiger charge is -2.31. The smallest absolute Gasteiger partial charge is 0.293 e. The molecule has 4 aromatic rings. The number of hydrogen-bond donors (Lipinski definition) is 1. The van der Waals surface area contributed by atoms with Crippen molar-refractivity contribution >= 4 is 27.9 Å². The average Bonchev–Trinajstić information content (AvgIpc) is 3.15. The number of aromatic nitrogens is 6. The molecule has 0 aliphatic carbocycles. The Balaban J connectivity index is 1.55. The van der Waals surface area contributed by atoms with Crippen LogP contribution >= 0.6 is 0 Å². The third-order valence-corrected chi connectivity index (χ3v) is 5.62. The Kier molecular flexibility index (Phi) is 4.66. The zero-order valence-electron chi connectivity index (χ0n) is 16.9. The van der Waals surface area contributed by atoms with Gasteiger partial charge in [-0.05, 0) is 25.8 Å². The second kappa shape index (κ2) is 7.49. The summed E-state index contributed by atoms with van der Waals surface area (Å²) in [5.74, 6) is 1.34. The number of nitrogens with two attached hydrogens (primary N) is 1. The number of rotatable bonds is 4. The molecule has 1 unspecified atom stereocenters. The fraction of sp³-hybridized carbons (Fsp3) is 0.381. The van der Waals surface area contributed by atoms with Crippen LogP contribution in [0.3, 0.4) is 0 Å². The summed E-state index contributed by atoms with van der Waals surface area (Å²) >= 11 is 0. The van der Waals surface area contributed by atoms with Gasteiger partial charge in [0.15, 0.2) is 5.82 Å². The van der Waals surface area contributed by atoms with Crippen molar-refractivity contribution in [2.45, 2.75) is 38.9 Å². The molecule has 0 bridgehead atoms. The van der Waals surface area contributed by atoms with E-state index in [9.17, 15) is 4.79 Å². The summed E-state index contributed by atoms with van der Waals surface area (Å²) in [6.07, 6.45) is 5.46. The first-order valence-electron chi connectivity index (χ1n) is 10.3. The van der Waals surface area contributed by atoms with Crippen molar-refractivity contribution in [3.05, 3.63) is 52.8 Å². The minimum Gasteiger partial charge on any atom is -0.341 e. The number of nitrogens with zero attached hydrogens (tertiary/aromatic N) is 7. The molecule has 30 heavy (non-hydrogen) atoms. The van der Waals surface area contributed by atoms with Crippen LogP contribution in [0.5, 0.6) is 0 Å². The number of benzene rings is 1. The van der Waals surface area contributed by atoms with E-state index in [4.69, 9.17) is 10.7 Å². The average molecular weight is 404 g/mol. The molecule has 9 heteroatoms. The van der Waals surface area contributed by atoms with E-state index in [1.54, 1.807) is 12.4 Å². The minimum absolute atomic E-state index is 0.128. The van der Waals surface area contributed by atoms with Gasteiger partial charge in [-0.1, -0.05) is 18.2 Å². The molecule has 1 aliphatic heterocycles. The van der Waals surface area contributed by atoms with Crippen LogP contribution in [0, 0.1) is 0 Å². The Labute approximate surface area is 173 Å². The molecule has 1 aliphatic rings. The Morgan fingerprint density at radius 1 is 1.17 bits per heavy atom. The van der Waals surface area contributed by atoms with Crippen LogP contribution in [0.25, 0.3) is 21.9 Å². The van der Waals surface area contributed by atoms with Gasteiger partial charge in [-0.15, -0.1) is 0 Å². The van der Waals surface area contributed by atoms with Crippen molar-refractivity contribution in [2.24, 2.45) is 5.73 Å². The predicted octanol–water partition coefficient (Wildman–Crippen LogP) is 1.53. The molecule has 3 aromatic heterocycles. The van der Waals surface area contributed by atoms with Gasteiger partial charge in [0.25, 0.3) is 5.56 Å². The number of imidazole rings is 1. The summed E-state index contributed by atoms with van der Waals surface area (Å²) in [6, 6.07) is 7.90. The second-order valence-corrected chi connectivity index (χ2v) is 7.69. The molecular formula is C21H24N8O. The molecule has 5 rings (SSSR count). The van der Waals surface area contributed by atoms with Crippen molar-refractivity contribution in [1.29, 1.82) is 0 Å². The van der Waals surface area contributed by atoms with Gasteiger partial charge in [-0.25, -0.2) is 19.6 Å². The highest BCUT2D eigenvalue weighted by Gasteiger charge is 2.24. The normalized spacial score (nSPS) is 17.1. The summed E-state index contributed by atoms with van der Waals surface area (Å²) in [6.45, 7) is 4.51. The first-order valence-corrected chi connectivity index (χ1v) is 10.3. The maximum atomic E-state index is 13.3. The third-order valence-electron chi connectivity index (χ3n) is 5.62. The molecule has 1 aromatic carbocycles. The maximum Gasteiger partial charge on any atom is 0.293 e. The van der Waals surface area contributed by atoms with Gasteiger partial charge in [0, 0.05) is 37.3 Å². The molecule has 154 valence electrons. The van der Waals surface area contributed by atoms with Gasteiger partial charge >= 0.3 is 0 Å². The topological polar surface area (TPSA) is 108 Å². The van der Waals surface area contributed by atoms with Crippen molar-refractivity contribution in [2.75, 3.05) is 18.0 Å². The molecule has 0 amide bonds. The van der Waals surface area contributed by atoms with Crippen molar-refractivity contribution < 1.29 is 0 Å². The van der Waals surface area contributed by atoms with Gasteiger partial charge < -0.3 is 15.2 Å². The van der Waals surface area contributed by atoms with E-state index in [1.165, 1.54) is 4.68 Å². The Bertz CT molecular complexity index is 1280. The SMILES string of the molecule is CCn1c(N2CCCC(N)C2)nc2cnn(Cc3ncc4ccccc4n3)c(=O)c21. The standard InChI is InChI=1S/C21H24N8O/c1-2-28-19-17(26-21(28)27-9-5-7-15(22)12-27)11-24-29(20(19)30)13-18-23-10-14-6-3-4-8-16(14)25-18/h3-4,6,8,10-11,15H,2,5,7,9,12-13,22H2,1H3. The number of piperidine rings is 1. The lowest BCUT2D eigenvalue weighted by molar-refractivity contribution is 0.494. The molecule has 9 nitrogen and oxygen atoms in total. The quantitative estimate of drug-likeness (QED) is 0.549. The number of para-hydroxylation sites is 1. The van der Waals surface area contributed by atoms with E-state index in [0.29, 0.717) is 23.4 Å². The van der Waals surface area contributed by atoms with Crippen LogP contribution in [0.2, 0.25) is 0 Å². The molecular weight excluding hydrogens is 380 g/mol. The highest BCUT2D eigenvalue weighted by molar-refractivity contribution is 5.78. The molecule has 1 atom stereocenters. The molecule has 1 saturated heterocycles. The van der Waals surface area contributed by atoms with Gasteiger partial charge in [0.2, 0.25) is 5.95 Å². The van der Waals surface area contributed by atoms with E-state index in [2.05, 4.69) is 20.0 Å². The van der Waals surface area contributed by atoms with Gasteiger partial charge in [-0.2, -0.15) is 5.10 Å². The molecule has 0 radical (unpaired) electrons. The number of aryl methyl sites for hydroxylation is 1. The first-order chi connectivity index (χ1) is 14.6. The molecule has 0 saturated carbocycles. The zero-order chi connectivity index (χ0) is 20.7. The molecule has 4 heterocycles. The summed E-state index contributed by atoms with van der Waals surface area (Å²) in [5.41, 5.74) is 7.98. The molecule has 0 spiro atoms. The van der Waals surface area contributed by atoms with Gasteiger partial charge in [-0.3, -0.25) is 4.79 Å². The van der Waals surface area contributed by atoms with E-state index in [-0.39, 0.29) is 18.1 Å². The predicted molar refractivity (Wildman–Crippen MR) is 116 cm³/mol. The second-order valence-electron chi connectivity index (χ2n) is 7.69. The van der Waals surface area contributed by atoms with Crippen LogP contribution in [0.4, 0.5) is 5.95 Å². The van der Waals surface area contributed by atoms with Crippen molar-refractivity contribution in [3.8, 4) is 0 Å². The monoisotopic (exact) mass is 404 g/mol. The third kappa shape index (κ3) is 3.21. The lowest BCUT2D eigenvalue weighted by atomic mass is 10.1.